The Balaban J connectivity index is 2.11. The molecule has 1 amide bonds. The van der Waals surface area contributed by atoms with Gasteiger partial charge in [0.15, 0.2) is 5.76 Å². The van der Waals surface area contributed by atoms with Crippen molar-refractivity contribution in [2.75, 3.05) is 6.61 Å². The smallest absolute Gasteiger partial charge is 0.284 e. The molecule has 1 aliphatic rings. The van der Waals surface area contributed by atoms with Gasteiger partial charge in [-0.15, -0.1) is 0 Å². The molecule has 0 saturated heterocycles. The van der Waals surface area contributed by atoms with Gasteiger partial charge in [-0.05, 0) is 25.3 Å². The second-order valence-electron chi connectivity index (χ2n) is 4.96. The van der Waals surface area contributed by atoms with Crippen molar-refractivity contribution in [2.24, 2.45) is 5.73 Å². The van der Waals surface area contributed by atoms with E-state index in [4.69, 9.17) is 15.9 Å². The predicted octanol–water partition coefficient (Wildman–Crippen LogP) is 2.14. The minimum atomic E-state index is -0.620. The first kappa shape index (κ1) is 13.3. The van der Waals surface area contributed by atoms with Gasteiger partial charge in [0.05, 0.1) is 6.61 Å². The number of nitrogens with one attached hydrogen (secondary N) is 1. The minimum Gasteiger partial charge on any atom is -0.487 e. The number of primary amides is 1. The molecule has 1 aromatic carbocycles. The normalized spacial score (nSPS) is 17.3. The van der Waals surface area contributed by atoms with Crippen LogP contribution in [0.2, 0.25) is 0 Å². The molecule has 1 fully saturated rings. The molecule has 0 heterocycles. The second-order valence-corrected chi connectivity index (χ2v) is 4.96. The standard InChI is InChI=1S/C15H18N2O2/c1-11(9-16)13(14(17)18)19-10-15(7-8-15)12-5-3-2-4-6-12/h2-6,9,16H,7-8,10H2,1H3,(H2,17,18)/b13-11+,16-9?. The van der Waals surface area contributed by atoms with Gasteiger partial charge in [-0.3, -0.25) is 4.79 Å². The Morgan fingerprint density at radius 2 is 2.05 bits per heavy atom. The van der Waals surface area contributed by atoms with E-state index in [0.717, 1.165) is 19.1 Å². The van der Waals surface area contributed by atoms with Gasteiger partial charge >= 0.3 is 0 Å². The fraction of sp³-hybridized carbons (Fsp3) is 0.333. The lowest BCUT2D eigenvalue weighted by Crippen LogP contribution is -2.23. The summed E-state index contributed by atoms with van der Waals surface area (Å²) in [5.41, 5.74) is 6.96. The summed E-state index contributed by atoms with van der Waals surface area (Å²) in [6, 6.07) is 10.1. The Morgan fingerprint density at radius 1 is 1.42 bits per heavy atom. The maximum Gasteiger partial charge on any atom is 0.284 e. The first-order valence-electron chi connectivity index (χ1n) is 6.28. The quantitative estimate of drug-likeness (QED) is 0.466. The zero-order valence-electron chi connectivity index (χ0n) is 11.0. The molecule has 0 unspecified atom stereocenters. The van der Waals surface area contributed by atoms with Crippen molar-refractivity contribution in [1.82, 2.24) is 0 Å². The van der Waals surface area contributed by atoms with Crippen molar-refractivity contribution in [1.29, 1.82) is 5.41 Å². The van der Waals surface area contributed by atoms with Gasteiger partial charge in [0.2, 0.25) is 0 Å². The fourth-order valence-electron chi connectivity index (χ4n) is 2.11. The van der Waals surface area contributed by atoms with Gasteiger partial charge in [0, 0.05) is 17.2 Å². The average molecular weight is 258 g/mol. The lowest BCUT2D eigenvalue weighted by molar-refractivity contribution is -0.118. The van der Waals surface area contributed by atoms with Crippen molar-refractivity contribution in [3.05, 3.63) is 47.2 Å². The van der Waals surface area contributed by atoms with Gasteiger partial charge in [0.25, 0.3) is 5.91 Å². The van der Waals surface area contributed by atoms with E-state index >= 15 is 0 Å². The molecular weight excluding hydrogens is 240 g/mol. The summed E-state index contributed by atoms with van der Waals surface area (Å²) in [5.74, 6) is -0.526. The minimum absolute atomic E-state index is 0.00423. The summed E-state index contributed by atoms with van der Waals surface area (Å²) in [6.45, 7) is 2.08. The van der Waals surface area contributed by atoms with Crippen LogP contribution in [0.15, 0.2) is 41.7 Å². The van der Waals surface area contributed by atoms with E-state index in [1.807, 2.05) is 18.2 Å². The van der Waals surface area contributed by atoms with E-state index in [-0.39, 0.29) is 11.2 Å². The second kappa shape index (κ2) is 5.26. The highest BCUT2D eigenvalue weighted by Crippen LogP contribution is 2.48. The number of ether oxygens (including phenoxy) is 1. The average Bonchev–Trinajstić information content (AvgIpc) is 3.20. The number of rotatable bonds is 6. The molecule has 4 nitrogen and oxygen atoms in total. The van der Waals surface area contributed by atoms with Crippen LogP contribution in [0, 0.1) is 5.41 Å². The molecule has 100 valence electrons. The molecule has 0 bridgehead atoms. The van der Waals surface area contributed by atoms with Crippen LogP contribution >= 0.6 is 0 Å². The maximum absolute atomic E-state index is 11.3. The number of hydrogen-bond acceptors (Lipinski definition) is 3. The number of allylic oxidation sites excluding steroid dienone is 1. The molecule has 4 heteroatoms. The summed E-state index contributed by atoms with van der Waals surface area (Å²) in [7, 11) is 0. The zero-order chi connectivity index (χ0) is 13.9. The van der Waals surface area contributed by atoms with Crippen LogP contribution in [0.3, 0.4) is 0 Å². The van der Waals surface area contributed by atoms with E-state index < -0.39 is 5.91 Å². The SMILES string of the molecule is C/C(C=N)=C(\OCC1(c2ccccc2)CC1)C(N)=O. The Labute approximate surface area is 112 Å². The third-order valence-electron chi connectivity index (χ3n) is 3.53. The molecule has 0 spiro atoms. The summed E-state index contributed by atoms with van der Waals surface area (Å²) >= 11 is 0. The number of amides is 1. The van der Waals surface area contributed by atoms with Gasteiger partial charge in [-0.2, -0.15) is 0 Å². The van der Waals surface area contributed by atoms with Crippen LogP contribution in [-0.4, -0.2) is 18.7 Å². The molecular formula is C15H18N2O2. The number of nitrogens with two attached hydrogens (primary N) is 1. The first-order chi connectivity index (χ1) is 9.09. The highest BCUT2D eigenvalue weighted by Gasteiger charge is 2.45. The molecule has 3 N–H and O–H groups in total. The van der Waals surface area contributed by atoms with Crippen molar-refractivity contribution in [3.63, 3.8) is 0 Å². The van der Waals surface area contributed by atoms with Crippen molar-refractivity contribution >= 4 is 12.1 Å². The van der Waals surface area contributed by atoms with E-state index in [9.17, 15) is 4.79 Å². The maximum atomic E-state index is 11.3. The third-order valence-corrected chi connectivity index (χ3v) is 3.53. The Kier molecular flexibility index (Phi) is 3.69. The van der Waals surface area contributed by atoms with Crippen molar-refractivity contribution in [3.8, 4) is 0 Å². The molecule has 0 radical (unpaired) electrons. The van der Waals surface area contributed by atoms with Gasteiger partial charge in [-0.25, -0.2) is 0 Å². The lowest BCUT2D eigenvalue weighted by atomic mass is 9.97. The molecule has 19 heavy (non-hydrogen) atoms. The highest BCUT2D eigenvalue weighted by molar-refractivity contribution is 5.96. The van der Waals surface area contributed by atoms with Gasteiger partial charge in [-0.1, -0.05) is 30.3 Å². The lowest BCUT2D eigenvalue weighted by Gasteiger charge is -2.18. The number of benzene rings is 1. The first-order valence-corrected chi connectivity index (χ1v) is 6.28. The summed E-state index contributed by atoms with van der Waals surface area (Å²) in [4.78, 5) is 11.3. The Hall–Kier alpha value is -2.10. The van der Waals surface area contributed by atoms with E-state index in [1.165, 1.54) is 5.56 Å². The Bertz CT molecular complexity index is 516. The van der Waals surface area contributed by atoms with Crippen molar-refractivity contribution < 1.29 is 9.53 Å². The molecule has 0 aliphatic heterocycles. The van der Waals surface area contributed by atoms with Crippen molar-refractivity contribution in [2.45, 2.75) is 25.2 Å². The van der Waals surface area contributed by atoms with E-state index in [1.54, 1.807) is 6.92 Å². The predicted molar refractivity (Wildman–Crippen MR) is 74.0 cm³/mol. The van der Waals surface area contributed by atoms with E-state index in [0.29, 0.717) is 12.2 Å². The number of hydrogen-bond donors (Lipinski definition) is 2. The molecule has 2 rings (SSSR count). The van der Waals surface area contributed by atoms with Gasteiger partial charge < -0.3 is 15.9 Å². The summed E-state index contributed by atoms with van der Waals surface area (Å²) in [6.07, 6.45) is 3.18. The molecule has 1 aromatic rings. The number of carbonyl (C=O) groups is 1. The topological polar surface area (TPSA) is 76.2 Å². The number of carbonyl (C=O) groups excluding carboxylic acids is 1. The van der Waals surface area contributed by atoms with Gasteiger partial charge in [0.1, 0.15) is 0 Å². The van der Waals surface area contributed by atoms with Crippen LogP contribution in [0.25, 0.3) is 0 Å². The Morgan fingerprint density at radius 3 is 2.53 bits per heavy atom. The van der Waals surface area contributed by atoms with E-state index in [2.05, 4.69) is 12.1 Å². The van der Waals surface area contributed by atoms with Crippen LogP contribution in [-0.2, 0) is 14.9 Å². The highest BCUT2D eigenvalue weighted by atomic mass is 16.5. The third kappa shape index (κ3) is 2.84. The summed E-state index contributed by atoms with van der Waals surface area (Å²) < 4.78 is 5.59. The van der Waals surface area contributed by atoms with Crippen LogP contribution < -0.4 is 5.73 Å². The zero-order valence-corrected chi connectivity index (χ0v) is 11.0. The van der Waals surface area contributed by atoms with Crippen LogP contribution in [0.4, 0.5) is 0 Å². The van der Waals surface area contributed by atoms with Crippen LogP contribution in [0.1, 0.15) is 25.3 Å². The van der Waals surface area contributed by atoms with Crippen LogP contribution in [0.5, 0.6) is 0 Å². The molecule has 0 aromatic heterocycles. The fourth-order valence-corrected chi connectivity index (χ4v) is 2.11. The monoisotopic (exact) mass is 258 g/mol. The molecule has 0 atom stereocenters. The summed E-state index contributed by atoms with van der Waals surface area (Å²) in [5, 5.41) is 7.18. The largest absolute Gasteiger partial charge is 0.487 e. The molecule has 1 saturated carbocycles. The molecule has 1 aliphatic carbocycles.